The quantitative estimate of drug-likeness (QED) is 0.188. The zero-order valence-corrected chi connectivity index (χ0v) is 28.1. The molecular formula is C37H67N3O4. The Hall–Kier alpha value is -0.280. The van der Waals surface area contributed by atoms with Crippen LogP contribution in [0.5, 0.6) is 0 Å². The van der Waals surface area contributed by atoms with Crippen LogP contribution in [-0.4, -0.2) is 66.8 Å². The second-order valence-electron chi connectivity index (χ2n) is 15.7. The number of unbranched alkanes of at least 4 members (excludes halogenated alkanes) is 1. The Morgan fingerprint density at radius 1 is 0.523 bits per heavy atom. The Morgan fingerprint density at radius 3 is 1.45 bits per heavy atom. The van der Waals surface area contributed by atoms with Gasteiger partial charge in [-0.25, -0.2) is 0 Å². The van der Waals surface area contributed by atoms with E-state index in [9.17, 15) is 5.11 Å². The summed E-state index contributed by atoms with van der Waals surface area (Å²) in [4.78, 5) is 0. The molecule has 254 valence electrons. The third-order valence-corrected chi connectivity index (χ3v) is 12.4. The highest BCUT2D eigenvalue weighted by atomic mass is 16.5. The van der Waals surface area contributed by atoms with Crippen LogP contribution in [0, 0.1) is 17.8 Å². The standard InChI is InChI=1S/C37H67N3O4/c1-2-3-24-42-32-22-23-33(34(41)25-32)37-39-35(26-14-18-30(19-15-26)43-28-10-6-4-7-11-28)38-36(40-37)27-16-20-31(21-17-27)44-29-12-8-5-9-13-29/h26-41H,2-25H2,1H3. The highest BCUT2D eigenvalue weighted by Gasteiger charge is 2.43. The first-order valence-electron chi connectivity index (χ1n) is 19.5. The average Bonchev–Trinajstić information content (AvgIpc) is 3.06. The first-order valence-corrected chi connectivity index (χ1v) is 19.5. The van der Waals surface area contributed by atoms with E-state index in [0.29, 0.717) is 48.6 Å². The first-order chi connectivity index (χ1) is 21.6. The van der Waals surface area contributed by atoms with Crippen molar-refractivity contribution in [2.45, 2.75) is 210 Å². The smallest absolute Gasteiger partial charge is 0.0649 e. The lowest BCUT2D eigenvalue weighted by atomic mass is 9.79. The Bertz CT molecular complexity index is 757. The van der Waals surface area contributed by atoms with Crippen LogP contribution < -0.4 is 16.0 Å². The molecule has 44 heavy (non-hydrogen) atoms. The molecule has 1 heterocycles. The van der Waals surface area contributed by atoms with E-state index in [4.69, 9.17) is 14.2 Å². The van der Waals surface area contributed by atoms with E-state index in [-0.39, 0.29) is 24.3 Å². The third-order valence-electron chi connectivity index (χ3n) is 12.4. The fraction of sp³-hybridized carbons (Fsp3) is 1.00. The van der Waals surface area contributed by atoms with Crippen LogP contribution in [0.25, 0.3) is 0 Å². The van der Waals surface area contributed by atoms with E-state index >= 15 is 0 Å². The molecule has 5 aliphatic carbocycles. The van der Waals surface area contributed by atoms with Crippen LogP contribution in [-0.2, 0) is 14.2 Å². The van der Waals surface area contributed by atoms with E-state index in [2.05, 4.69) is 22.9 Å². The molecule has 7 heteroatoms. The van der Waals surface area contributed by atoms with Gasteiger partial charge < -0.3 is 19.3 Å². The average molecular weight is 618 g/mol. The Morgan fingerprint density at radius 2 is 0.977 bits per heavy atom. The lowest BCUT2D eigenvalue weighted by Crippen LogP contribution is -2.73. The predicted molar refractivity (Wildman–Crippen MR) is 176 cm³/mol. The highest BCUT2D eigenvalue weighted by molar-refractivity contribution is 4.97. The van der Waals surface area contributed by atoms with E-state index in [0.717, 1.165) is 38.7 Å². The van der Waals surface area contributed by atoms with Crippen LogP contribution >= 0.6 is 0 Å². The van der Waals surface area contributed by atoms with E-state index in [1.54, 1.807) is 0 Å². The molecule has 6 aliphatic rings. The van der Waals surface area contributed by atoms with Crippen molar-refractivity contribution in [3.8, 4) is 0 Å². The van der Waals surface area contributed by atoms with Gasteiger partial charge in [0.05, 0.1) is 55.1 Å². The molecule has 0 radical (unpaired) electrons. The van der Waals surface area contributed by atoms with Gasteiger partial charge in [-0.1, -0.05) is 51.9 Å². The molecule has 5 atom stereocenters. The molecule has 0 spiro atoms. The molecule has 0 aromatic carbocycles. The summed E-state index contributed by atoms with van der Waals surface area (Å²) in [7, 11) is 0. The predicted octanol–water partition coefficient (Wildman–Crippen LogP) is 6.91. The molecule has 0 aromatic rings. The number of nitrogens with one attached hydrogen (secondary N) is 3. The van der Waals surface area contributed by atoms with Crippen LogP contribution in [0.4, 0.5) is 0 Å². The van der Waals surface area contributed by atoms with Crippen molar-refractivity contribution in [1.29, 1.82) is 0 Å². The van der Waals surface area contributed by atoms with Crippen molar-refractivity contribution in [3.63, 3.8) is 0 Å². The lowest BCUT2D eigenvalue weighted by Gasteiger charge is -2.50. The van der Waals surface area contributed by atoms with Crippen LogP contribution in [0.2, 0.25) is 0 Å². The van der Waals surface area contributed by atoms with E-state index in [1.807, 2.05) is 0 Å². The maximum Gasteiger partial charge on any atom is 0.0649 e. The number of rotatable bonds is 11. The van der Waals surface area contributed by atoms with Crippen LogP contribution in [0.3, 0.4) is 0 Å². The van der Waals surface area contributed by atoms with Crippen molar-refractivity contribution >= 4 is 0 Å². The van der Waals surface area contributed by atoms with Gasteiger partial charge in [0.15, 0.2) is 0 Å². The van der Waals surface area contributed by atoms with E-state index in [1.165, 1.54) is 116 Å². The molecule has 6 rings (SSSR count). The zero-order chi connectivity index (χ0) is 30.1. The summed E-state index contributed by atoms with van der Waals surface area (Å²) in [5.74, 6) is 1.46. The van der Waals surface area contributed by atoms with Gasteiger partial charge in [0, 0.05) is 12.5 Å². The number of ether oxygens (including phenoxy) is 3. The molecule has 7 nitrogen and oxygen atoms in total. The highest BCUT2D eigenvalue weighted by Crippen LogP contribution is 2.37. The van der Waals surface area contributed by atoms with Crippen LogP contribution in [0.1, 0.15) is 155 Å². The summed E-state index contributed by atoms with van der Waals surface area (Å²) in [6.45, 7) is 3.04. The largest absolute Gasteiger partial charge is 0.393 e. The molecule has 1 aliphatic heterocycles. The summed E-state index contributed by atoms with van der Waals surface area (Å²) in [6.07, 6.45) is 30.6. The topological polar surface area (TPSA) is 84.0 Å². The molecule has 5 unspecified atom stereocenters. The van der Waals surface area contributed by atoms with Gasteiger partial charge in [-0.05, 0) is 115 Å². The van der Waals surface area contributed by atoms with Crippen molar-refractivity contribution in [2.75, 3.05) is 6.61 Å². The minimum atomic E-state index is -0.320. The second kappa shape index (κ2) is 17.2. The monoisotopic (exact) mass is 618 g/mol. The van der Waals surface area contributed by atoms with Gasteiger partial charge >= 0.3 is 0 Å². The molecule has 0 amide bonds. The zero-order valence-electron chi connectivity index (χ0n) is 28.1. The molecule has 0 bridgehead atoms. The molecule has 5 saturated carbocycles. The van der Waals surface area contributed by atoms with Gasteiger partial charge in [0.25, 0.3) is 0 Å². The fourth-order valence-electron chi connectivity index (χ4n) is 9.65. The van der Waals surface area contributed by atoms with Crippen LogP contribution in [0.15, 0.2) is 0 Å². The Kier molecular flexibility index (Phi) is 13.2. The summed E-state index contributed by atoms with van der Waals surface area (Å²) in [6, 6.07) is 0. The van der Waals surface area contributed by atoms with Gasteiger partial charge in [0.1, 0.15) is 0 Å². The van der Waals surface area contributed by atoms with Gasteiger partial charge in [-0.15, -0.1) is 0 Å². The van der Waals surface area contributed by atoms with Crippen molar-refractivity contribution in [2.24, 2.45) is 17.8 Å². The summed E-state index contributed by atoms with van der Waals surface area (Å²) >= 11 is 0. The molecule has 6 fully saturated rings. The molecule has 4 N–H and O–H groups in total. The summed E-state index contributed by atoms with van der Waals surface area (Å²) in [5.41, 5.74) is 0. The minimum absolute atomic E-state index is 0.144. The SMILES string of the molecule is CCCCOC1CCC(C2NC(C3CCC(OC4CCCCC4)CC3)NC(C3CCC(OC4CCCCC4)CC3)N2)C(O)C1. The van der Waals surface area contributed by atoms with Crippen molar-refractivity contribution < 1.29 is 19.3 Å². The first kappa shape index (κ1) is 33.6. The summed E-state index contributed by atoms with van der Waals surface area (Å²) < 4.78 is 19.4. The number of hydrogen-bond acceptors (Lipinski definition) is 7. The fourth-order valence-corrected chi connectivity index (χ4v) is 9.65. The maximum atomic E-state index is 11.4. The van der Waals surface area contributed by atoms with Crippen molar-refractivity contribution in [3.05, 3.63) is 0 Å². The number of aliphatic hydroxyl groups excluding tert-OH is 1. The minimum Gasteiger partial charge on any atom is -0.393 e. The Labute approximate surface area is 269 Å². The van der Waals surface area contributed by atoms with Gasteiger partial charge in [-0.3, -0.25) is 16.0 Å². The third kappa shape index (κ3) is 9.41. The molecular weight excluding hydrogens is 550 g/mol. The normalized spacial score (nSPS) is 41.9. The Balaban J connectivity index is 1.04. The van der Waals surface area contributed by atoms with Crippen molar-refractivity contribution in [1.82, 2.24) is 16.0 Å². The maximum absolute atomic E-state index is 11.4. The second-order valence-corrected chi connectivity index (χ2v) is 15.7. The summed E-state index contributed by atoms with van der Waals surface area (Å²) in [5, 5.41) is 23.6. The van der Waals surface area contributed by atoms with E-state index < -0.39 is 0 Å². The number of aliphatic hydroxyl groups is 1. The van der Waals surface area contributed by atoms with Gasteiger partial charge in [0.2, 0.25) is 0 Å². The lowest BCUT2D eigenvalue weighted by molar-refractivity contribution is -0.0733. The number of hydrogen-bond donors (Lipinski definition) is 4. The molecule has 1 saturated heterocycles. The molecule has 0 aromatic heterocycles. The van der Waals surface area contributed by atoms with Gasteiger partial charge in [-0.2, -0.15) is 0 Å².